The molecule has 7 nitrogen and oxygen atoms in total. The van der Waals surface area contributed by atoms with Crippen LogP contribution in [0.2, 0.25) is 0 Å². The van der Waals surface area contributed by atoms with Crippen LogP contribution in [0.25, 0.3) is 0 Å². The molecule has 1 spiro atoms. The molecule has 2 saturated carbocycles. The van der Waals surface area contributed by atoms with Crippen molar-refractivity contribution in [1.82, 2.24) is 14.8 Å². The van der Waals surface area contributed by atoms with Crippen molar-refractivity contribution >= 4 is 5.91 Å². The molecule has 6 rings (SSSR count). The van der Waals surface area contributed by atoms with E-state index in [0.29, 0.717) is 36.4 Å². The van der Waals surface area contributed by atoms with E-state index in [2.05, 4.69) is 37.0 Å². The van der Waals surface area contributed by atoms with Gasteiger partial charge in [-0.2, -0.15) is 0 Å². The zero-order valence-corrected chi connectivity index (χ0v) is 23.0. The van der Waals surface area contributed by atoms with Crippen LogP contribution in [-0.4, -0.2) is 53.2 Å². The van der Waals surface area contributed by atoms with Gasteiger partial charge in [0.25, 0.3) is 17.3 Å². The lowest BCUT2D eigenvalue weighted by Crippen LogP contribution is -2.46. The number of amides is 1. The van der Waals surface area contributed by atoms with E-state index in [-0.39, 0.29) is 16.9 Å². The number of carbonyl (C=O) groups excluding carboxylic acids is 1. The molecule has 198 valence electrons. The van der Waals surface area contributed by atoms with Crippen LogP contribution in [0.1, 0.15) is 83.8 Å². The maximum Gasteiger partial charge on any atom is 0.254 e. The van der Waals surface area contributed by atoms with Crippen LogP contribution in [0.5, 0.6) is 11.5 Å². The molecule has 1 amide bonds. The van der Waals surface area contributed by atoms with E-state index in [4.69, 9.17) is 9.47 Å². The van der Waals surface area contributed by atoms with Crippen LogP contribution in [0, 0.1) is 26.7 Å². The minimum absolute atomic E-state index is 0.0177. The molecule has 0 saturated heterocycles. The van der Waals surface area contributed by atoms with Crippen molar-refractivity contribution < 1.29 is 14.3 Å². The summed E-state index contributed by atoms with van der Waals surface area (Å²) in [5.41, 5.74) is 4.97. The Morgan fingerprint density at radius 1 is 1.05 bits per heavy atom. The van der Waals surface area contributed by atoms with Crippen molar-refractivity contribution in [3.63, 3.8) is 0 Å². The van der Waals surface area contributed by atoms with Gasteiger partial charge in [-0.15, -0.1) is 0 Å². The molecule has 1 N–H and O–H groups in total. The van der Waals surface area contributed by atoms with Gasteiger partial charge in [-0.25, -0.2) is 0 Å². The highest BCUT2D eigenvalue weighted by molar-refractivity contribution is 6.00. The van der Waals surface area contributed by atoms with Gasteiger partial charge >= 0.3 is 0 Å². The van der Waals surface area contributed by atoms with Crippen LogP contribution >= 0.6 is 0 Å². The van der Waals surface area contributed by atoms with Crippen molar-refractivity contribution in [2.75, 3.05) is 20.6 Å². The zero-order valence-electron chi connectivity index (χ0n) is 23.0. The van der Waals surface area contributed by atoms with Crippen molar-refractivity contribution in [3.05, 3.63) is 56.0 Å². The Kier molecular flexibility index (Phi) is 5.54. The normalized spacial score (nSPS) is 27.6. The summed E-state index contributed by atoms with van der Waals surface area (Å²) < 4.78 is 13.2. The number of aromatic amines is 1. The third-order valence-electron chi connectivity index (χ3n) is 9.53. The van der Waals surface area contributed by atoms with E-state index >= 15 is 0 Å². The van der Waals surface area contributed by atoms with E-state index < -0.39 is 5.79 Å². The second kappa shape index (κ2) is 8.35. The number of nitrogens with zero attached hydrogens (tertiary/aromatic N) is 2. The zero-order chi connectivity index (χ0) is 26.3. The number of H-pyrrole nitrogens is 1. The van der Waals surface area contributed by atoms with Crippen LogP contribution in [0.3, 0.4) is 0 Å². The Morgan fingerprint density at radius 2 is 1.76 bits per heavy atom. The molecule has 3 heterocycles. The molecule has 1 aromatic carbocycles. The van der Waals surface area contributed by atoms with Gasteiger partial charge in [0.15, 0.2) is 11.5 Å². The number of hydrogen-bond donors (Lipinski definition) is 1. The van der Waals surface area contributed by atoms with Gasteiger partial charge in [-0.1, -0.05) is 0 Å². The first kappa shape index (κ1) is 24.5. The predicted molar refractivity (Wildman–Crippen MR) is 142 cm³/mol. The summed E-state index contributed by atoms with van der Waals surface area (Å²) in [6.07, 6.45) is 6.48. The SMILES string of the molecule is Cc1cc(C)c(CN2CC3(CC3)c3cc4c(c(C)c3C2=O)O[C@](C)(C2CCC(N(C)C)CC2)O4)c(=O)[nH]1. The minimum Gasteiger partial charge on any atom is -0.448 e. The van der Waals surface area contributed by atoms with Crippen LogP contribution in [-0.2, 0) is 12.0 Å². The number of pyridine rings is 1. The van der Waals surface area contributed by atoms with E-state index in [1.165, 1.54) is 0 Å². The molecule has 1 atom stereocenters. The number of carbonyl (C=O) groups is 1. The van der Waals surface area contributed by atoms with E-state index in [9.17, 15) is 9.59 Å². The maximum absolute atomic E-state index is 13.9. The van der Waals surface area contributed by atoms with E-state index in [0.717, 1.165) is 72.2 Å². The van der Waals surface area contributed by atoms with Gasteiger partial charge in [0.2, 0.25) is 0 Å². The van der Waals surface area contributed by atoms with Crippen molar-refractivity contribution in [2.24, 2.45) is 5.92 Å². The summed E-state index contributed by atoms with van der Waals surface area (Å²) >= 11 is 0. The highest BCUT2D eigenvalue weighted by atomic mass is 16.7. The number of nitrogens with one attached hydrogen (secondary N) is 1. The van der Waals surface area contributed by atoms with Crippen LogP contribution in [0.4, 0.5) is 0 Å². The number of hydrogen-bond acceptors (Lipinski definition) is 5. The third kappa shape index (κ3) is 3.89. The van der Waals surface area contributed by atoms with E-state index in [1.807, 2.05) is 31.7 Å². The lowest BCUT2D eigenvalue weighted by Gasteiger charge is -2.39. The first-order valence-corrected chi connectivity index (χ1v) is 13.7. The second-order valence-electron chi connectivity index (χ2n) is 12.3. The molecule has 2 fully saturated rings. The van der Waals surface area contributed by atoms with Gasteiger partial charge in [-0.3, -0.25) is 9.59 Å². The van der Waals surface area contributed by atoms with Crippen molar-refractivity contribution in [1.29, 1.82) is 0 Å². The molecule has 0 radical (unpaired) electrons. The number of benzene rings is 1. The molecule has 4 aliphatic rings. The van der Waals surface area contributed by atoms with Gasteiger partial charge in [-0.05, 0) is 96.7 Å². The smallest absolute Gasteiger partial charge is 0.254 e. The number of fused-ring (bicyclic) bond motifs is 3. The molecule has 0 unspecified atom stereocenters. The minimum atomic E-state index is -0.708. The van der Waals surface area contributed by atoms with Gasteiger partial charge in [0.1, 0.15) is 0 Å². The molecule has 1 aromatic heterocycles. The maximum atomic E-state index is 13.9. The quantitative estimate of drug-likeness (QED) is 0.658. The summed E-state index contributed by atoms with van der Waals surface area (Å²) in [6, 6.07) is 4.68. The van der Waals surface area contributed by atoms with Crippen molar-refractivity contribution in [2.45, 2.75) is 90.0 Å². The average molecular weight is 506 g/mol. The molecule has 0 bridgehead atoms. The number of aryl methyl sites for hydroxylation is 2. The number of rotatable bonds is 4. The number of ether oxygens (including phenoxy) is 2. The molecule has 2 aromatic rings. The predicted octanol–water partition coefficient (Wildman–Crippen LogP) is 4.60. The van der Waals surface area contributed by atoms with Gasteiger partial charge in [0.05, 0.1) is 12.1 Å². The molecule has 7 heteroatoms. The van der Waals surface area contributed by atoms with E-state index in [1.54, 1.807) is 0 Å². The van der Waals surface area contributed by atoms with Crippen molar-refractivity contribution in [3.8, 4) is 11.5 Å². The first-order valence-electron chi connectivity index (χ1n) is 13.7. The van der Waals surface area contributed by atoms with Gasteiger partial charge < -0.3 is 24.3 Å². The third-order valence-corrected chi connectivity index (χ3v) is 9.53. The molecule has 2 aliphatic carbocycles. The fourth-order valence-electron chi connectivity index (χ4n) is 7.05. The lowest BCUT2D eigenvalue weighted by atomic mass is 9.81. The summed E-state index contributed by atoms with van der Waals surface area (Å²) in [7, 11) is 4.31. The molecule has 2 aliphatic heterocycles. The van der Waals surface area contributed by atoms with Crippen LogP contribution in [0.15, 0.2) is 16.9 Å². The fraction of sp³-hybridized carbons (Fsp3) is 0.600. The molecular formula is C30H39N3O4. The second-order valence-corrected chi connectivity index (χ2v) is 12.3. The highest BCUT2D eigenvalue weighted by Gasteiger charge is 2.54. The Balaban J connectivity index is 1.31. The Bertz CT molecular complexity index is 1330. The monoisotopic (exact) mass is 505 g/mol. The summed E-state index contributed by atoms with van der Waals surface area (Å²) in [5.74, 6) is 1.08. The Labute approximate surface area is 219 Å². The Morgan fingerprint density at radius 3 is 2.38 bits per heavy atom. The first-order chi connectivity index (χ1) is 17.5. The standard InChI is InChI=1S/C30H39N3O4/c1-17-13-18(2)31-27(34)22(17)15-33-16-30(11-12-30)23-14-24-26(19(3)25(23)28(33)35)37-29(4,36-24)20-7-9-21(10-8-20)32(5)6/h13-14,20-21H,7-12,15-16H2,1-6H3,(H,31,34)/t20?,21?,29-/m1/s1. The average Bonchev–Trinajstić information content (AvgIpc) is 3.52. The highest BCUT2D eigenvalue weighted by Crippen LogP contribution is 2.57. The topological polar surface area (TPSA) is 74.9 Å². The number of aromatic nitrogens is 1. The fourth-order valence-corrected chi connectivity index (χ4v) is 7.05. The summed E-state index contributed by atoms with van der Waals surface area (Å²) in [6.45, 7) is 8.85. The lowest BCUT2D eigenvalue weighted by molar-refractivity contribution is -0.123. The molecular weight excluding hydrogens is 466 g/mol. The van der Waals surface area contributed by atoms with Crippen LogP contribution < -0.4 is 15.0 Å². The summed E-state index contributed by atoms with van der Waals surface area (Å²) in [5, 5.41) is 0. The van der Waals surface area contributed by atoms with Gasteiger partial charge in [0, 0.05) is 47.7 Å². The summed E-state index contributed by atoms with van der Waals surface area (Å²) in [4.78, 5) is 33.7. The Hall–Kier alpha value is -2.80. The largest absolute Gasteiger partial charge is 0.448 e. The molecule has 37 heavy (non-hydrogen) atoms.